The van der Waals surface area contributed by atoms with E-state index in [9.17, 15) is 17.2 Å². The Hall–Kier alpha value is -1.35. The van der Waals surface area contributed by atoms with E-state index in [1.54, 1.807) is 12.1 Å². The van der Waals surface area contributed by atoms with Crippen LogP contribution >= 0.6 is 11.3 Å². The van der Waals surface area contributed by atoms with Gasteiger partial charge in [0, 0.05) is 24.6 Å². The van der Waals surface area contributed by atoms with E-state index < -0.39 is 26.6 Å². The second kappa shape index (κ2) is 7.26. The van der Waals surface area contributed by atoms with Crippen molar-refractivity contribution in [2.75, 3.05) is 13.2 Å². The number of hydrogen-bond acceptors (Lipinski definition) is 4. The lowest BCUT2D eigenvalue weighted by atomic mass is 10.2. The van der Waals surface area contributed by atoms with Crippen LogP contribution in [0.2, 0.25) is 0 Å². The largest absolute Gasteiger partial charge is 0.377 e. The molecule has 1 saturated heterocycles. The Morgan fingerprint density at radius 3 is 2.54 bits per heavy atom. The van der Waals surface area contributed by atoms with Crippen LogP contribution in [-0.2, 0) is 21.3 Å². The molecule has 1 aromatic heterocycles. The van der Waals surface area contributed by atoms with Crippen molar-refractivity contribution in [1.82, 2.24) is 4.31 Å². The highest BCUT2D eigenvalue weighted by molar-refractivity contribution is 7.89. The van der Waals surface area contributed by atoms with Gasteiger partial charge in [-0.25, -0.2) is 17.2 Å². The van der Waals surface area contributed by atoms with Gasteiger partial charge in [-0.05, 0) is 36.4 Å². The summed E-state index contributed by atoms with van der Waals surface area (Å²) in [6, 6.07) is 6.64. The van der Waals surface area contributed by atoms with Crippen molar-refractivity contribution >= 4 is 21.4 Å². The molecule has 1 fully saturated rings. The summed E-state index contributed by atoms with van der Waals surface area (Å²) < 4.78 is 60.4. The molecule has 2 heterocycles. The third-order valence-corrected chi connectivity index (χ3v) is 6.59. The first-order valence-corrected chi connectivity index (χ1v) is 9.88. The molecule has 130 valence electrons. The number of sulfonamides is 1. The van der Waals surface area contributed by atoms with Crippen LogP contribution in [0.4, 0.5) is 8.78 Å². The fourth-order valence-corrected chi connectivity index (χ4v) is 5.06. The molecule has 0 radical (unpaired) electrons. The molecule has 1 atom stereocenters. The predicted octanol–water partition coefficient (Wildman–Crippen LogP) is 3.40. The van der Waals surface area contributed by atoms with Crippen LogP contribution in [0.3, 0.4) is 0 Å². The van der Waals surface area contributed by atoms with E-state index in [-0.39, 0.29) is 19.2 Å². The summed E-state index contributed by atoms with van der Waals surface area (Å²) in [5, 5.41) is 1.83. The van der Waals surface area contributed by atoms with Gasteiger partial charge in [0.05, 0.1) is 6.10 Å². The molecule has 0 saturated carbocycles. The number of benzene rings is 1. The van der Waals surface area contributed by atoms with Crippen molar-refractivity contribution in [3.8, 4) is 0 Å². The first-order valence-electron chi connectivity index (χ1n) is 7.56. The van der Waals surface area contributed by atoms with Crippen LogP contribution in [0.5, 0.6) is 0 Å². The molecule has 3 rings (SSSR count). The smallest absolute Gasteiger partial charge is 0.249 e. The molecule has 24 heavy (non-hydrogen) atoms. The summed E-state index contributed by atoms with van der Waals surface area (Å²) in [7, 11) is -4.32. The average Bonchev–Trinajstić information content (AvgIpc) is 3.19. The van der Waals surface area contributed by atoms with Gasteiger partial charge in [0.15, 0.2) is 4.90 Å². The Morgan fingerprint density at radius 2 is 1.96 bits per heavy atom. The molecule has 0 unspecified atom stereocenters. The van der Waals surface area contributed by atoms with Gasteiger partial charge < -0.3 is 4.74 Å². The molecule has 2 aromatic rings. The van der Waals surface area contributed by atoms with E-state index in [1.165, 1.54) is 11.3 Å². The zero-order valence-electron chi connectivity index (χ0n) is 12.8. The first-order chi connectivity index (χ1) is 11.5. The zero-order chi connectivity index (χ0) is 17.2. The Labute approximate surface area is 143 Å². The van der Waals surface area contributed by atoms with E-state index in [0.717, 1.165) is 40.2 Å². The number of thiophene rings is 1. The third-order valence-electron chi connectivity index (χ3n) is 3.86. The topological polar surface area (TPSA) is 46.6 Å². The van der Waals surface area contributed by atoms with Crippen molar-refractivity contribution in [2.45, 2.75) is 30.4 Å². The number of hydrogen-bond donors (Lipinski definition) is 0. The van der Waals surface area contributed by atoms with Gasteiger partial charge in [-0.1, -0.05) is 12.1 Å². The van der Waals surface area contributed by atoms with E-state index in [2.05, 4.69) is 0 Å². The van der Waals surface area contributed by atoms with Gasteiger partial charge in [-0.3, -0.25) is 0 Å². The van der Waals surface area contributed by atoms with Crippen molar-refractivity contribution in [3.05, 3.63) is 52.2 Å². The van der Waals surface area contributed by atoms with E-state index in [1.807, 2.05) is 5.38 Å². The van der Waals surface area contributed by atoms with Gasteiger partial charge in [-0.2, -0.15) is 4.31 Å². The van der Waals surface area contributed by atoms with Crippen molar-refractivity contribution in [2.24, 2.45) is 0 Å². The summed E-state index contributed by atoms with van der Waals surface area (Å²) in [5.74, 6) is -2.17. The second-order valence-electron chi connectivity index (χ2n) is 5.56. The molecule has 0 spiro atoms. The molecule has 1 aliphatic heterocycles. The standard InChI is InChI=1S/C16H17F2NO3S2/c17-14-6-1-7-15(18)16(14)24(20,21)19(10-12-4-2-8-22-12)11-13-5-3-9-23-13/h1,3,5-7,9,12H,2,4,8,10-11H2/t12-/m0/s1. The van der Waals surface area contributed by atoms with Gasteiger partial charge in [0.2, 0.25) is 10.0 Å². The highest BCUT2D eigenvalue weighted by Gasteiger charge is 2.33. The van der Waals surface area contributed by atoms with Crippen molar-refractivity contribution in [1.29, 1.82) is 0 Å². The second-order valence-corrected chi connectivity index (χ2v) is 8.47. The predicted molar refractivity (Wildman–Crippen MR) is 87.2 cm³/mol. The lowest BCUT2D eigenvalue weighted by molar-refractivity contribution is 0.0926. The Balaban J connectivity index is 1.96. The van der Waals surface area contributed by atoms with Gasteiger partial charge in [-0.15, -0.1) is 11.3 Å². The van der Waals surface area contributed by atoms with Gasteiger partial charge in [0.25, 0.3) is 0 Å². The van der Waals surface area contributed by atoms with Gasteiger partial charge in [0.1, 0.15) is 11.6 Å². The summed E-state index contributed by atoms with van der Waals surface area (Å²) >= 11 is 1.39. The van der Waals surface area contributed by atoms with Gasteiger partial charge >= 0.3 is 0 Å². The lowest BCUT2D eigenvalue weighted by Crippen LogP contribution is -2.37. The van der Waals surface area contributed by atoms with Crippen LogP contribution in [0, 0.1) is 11.6 Å². The average molecular weight is 373 g/mol. The van der Waals surface area contributed by atoms with Crippen molar-refractivity contribution in [3.63, 3.8) is 0 Å². The van der Waals surface area contributed by atoms with Crippen LogP contribution < -0.4 is 0 Å². The quantitative estimate of drug-likeness (QED) is 0.780. The van der Waals surface area contributed by atoms with Crippen LogP contribution in [0.15, 0.2) is 40.6 Å². The summed E-state index contributed by atoms with van der Waals surface area (Å²) in [5.41, 5.74) is 0. The maximum absolute atomic E-state index is 14.0. The van der Waals surface area contributed by atoms with E-state index in [4.69, 9.17) is 4.74 Å². The minimum Gasteiger partial charge on any atom is -0.377 e. The van der Waals surface area contributed by atoms with E-state index in [0.29, 0.717) is 6.61 Å². The zero-order valence-corrected chi connectivity index (χ0v) is 14.5. The molecular formula is C16H17F2NO3S2. The molecule has 0 aliphatic carbocycles. The normalized spacial score (nSPS) is 18.4. The molecule has 1 aliphatic rings. The molecule has 0 bridgehead atoms. The number of rotatable bonds is 6. The number of ether oxygens (including phenoxy) is 1. The highest BCUT2D eigenvalue weighted by atomic mass is 32.2. The Kier molecular flexibility index (Phi) is 5.29. The molecule has 8 heteroatoms. The Morgan fingerprint density at radius 1 is 1.21 bits per heavy atom. The maximum Gasteiger partial charge on any atom is 0.249 e. The minimum absolute atomic E-state index is 0.0631. The summed E-state index contributed by atoms with van der Waals surface area (Å²) in [6.45, 7) is 0.716. The fourth-order valence-electron chi connectivity index (χ4n) is 2.70. The summed E-state index contributed by atoms with van der Waals surface area (Å²) in [4.78, 5) is -0.104. The maximum atomic E-state index is 14.0. The lowest BCUT2D eigenvalue weighted by Gasteiger charge is -2.24. The van der Waals surface area contributed by atoms with E-state index >= 15 is 0 Å². The number of nitrogens with zero attached hydrogens (tertiary/aromatic N) is 1. The Bertz CT molecular complexity index is 767. The number of halogens is 2. The van der Waals surface area contributed by atoms with Crippen molar-refractivity contribution < 1.29 is 21.9 Å². The first kappa shape index (κ1) is 17.5. The molecular weight excluding hydrogens is 356 g/mol. The fraction of sp³-hybridized carbons (Fsp3) is 0.375. The summed E-state index contributed by atoms with van der Waals surface area (Å²) in [6.07, 6.45) is 1.33. The SMILES string of the molecule is O=S(=O)(c1c(F)cccc1F)N(Cc1cccs1)C[C@@H]1CCCO1. The monoisotopic (exact) mass is 373 g/mol. The molecule has 4 nitrogen and oxygen atoms in total. The minimum atomic E-state index is -4.32. The molecule has 1 aromatic carbocycles. The van der Waals surface area contributed by atoms with Crippen LogP contribution in [0.1, 0.15) is 17.7 Å². The van der Waals surface area contributed by atoms with Crippen LogP contribution in [-0.4, -0.2) is 32.0 Å². The van der Waals surface area contributed by atoms with Crippen LogP contribution in [0.25, 0.3) is 0 Å². The highest BCUT2D eigenvalue weighted by Crippen LogP contribution is 2.27. The molecule has 0 N–H and O–H groups in total. The molecule has 0 amide bonds. The third kappa shape index (κ3) is 3.66.